The quantitative estimate of drug-likeness (QED) is 0.791. The van der Waals surface area contributed by atoms with Crippen molar-refractivity contribution in [3.8, 4) is 0 Å². The topological polar surface area (TPSA) is 64.9 Å². The minimum atomic E-state index is -0.0689. The predicted molar refractivity (Wildman–Crippen MR) is 75.0 cm³/mol. The van der Waals surface area contributed by atoms with Crippen molar-refractivity contribution in [1.82, 2.24) is 9.97 Å². The van der Waals surface area contributed by atoms with E-state index >= 15 is 0 Å². The van der Waals surface area contributed by atoms with Crippen LogP contribution in [-0.2, 0) is 0 Å². The molecule has 96 valence electrons. The van der Waals surface area contributed by atoms with Crippen molar-refractivity contribution in [3.05, 3.63) is 48.2 Å². The lowest BCUT2D eigenvalue weighted by Crippen LogP contribution is -2.07. The van der Waals surface area contributed by atoms with Crippen LogP contribution in [-0.4, -0.2) is 9.97 Å². The number of nitrogens with zero attached hydrogens (tertiary/aromatic N) is 2. The molecule has 4 nitrogen and oxygen atoms in total. The molecule has 3 aromatic rings. The molecule has 0 aliphatic rings. The largest absolute Gasteiger partial charge is 0.431 e. The van der Waals surface area contributed by atoms with Gasteiger partial charge in [-0.2, -0.15) is 0 Å². The molecule has 0 aliphatic heterocycles. The fourth-order valence-electron chi connectivity index (χ4n) is 1.81. The summed E-state index contributed by atoms with van der Waals surface area (Å²) in [6.45, 7) is 1.94. The average Bonchev–Trinajstić information content (AvgIpc) is 2.81. The molecule has 1 aromatic carbocycles. The van der Waals surface area contributed by atoms with Gasteiger partial charge in [-0.3, -0.25) is 0 Å². The van der Waals surface area contributed by atoms with Crippen LogP contribution >= 0.6 is 11.8 Å². The summed E-state index contributed by atoms with van der Waals surface area (Å²) >= 11 is 1.40. The van der Waals surface area contributed by atoms with Gasteiger partial charge in [0, 0.05) is 17.8 Å². The minimum absolute atomic E-state index is 0.0689. The number of hydrogen-bond donors (Lipinski definition) is 1. The molecule has 2 N–H and O–H groups in total. The molecule has 0 amide bonds. The van der Waals surface area contributed by atoms with Gasteiger partial charge in [-0.25, -0.2) is 9.97 Å². The lowest BCUT2D eigenvalue weighted by Gasteiger charge is -2.08. The molecule has 0 saturated heterocycles. The van der Waals surface area contributed by atoms with E-state index in [1.54, 1.807) is 6.20 Å². The minimum Gasteiger partial charge on any atom is -0.431 e. The van der Waals surface area contributed by atoms with Crippen LogP contribution in [0.1, 0.15) is 18.5 Å². The van der Waals surface area contributed by atoms with Gasteiger partial charge in [0.25, 0.3) is 5.22 Å². The highest BCUT2D eigenvalue weighted by molar-refractivity contribution is 7.99. The predicted octanol–water partition coefficient (Wildman–Crippen LogP) is 3.39. The molecule has 3 rings (SSSR count). The summed E-state index contributed by atoms with van der Waals surface area (Å²) in [7, 11) is 0. The summed E-state index contributed by atoms with van der Waals surface area (Å²) in [6.07, 6.45) is 1.75. The standard InChI is InChI=1S/C14H13N3OS/c1-9(15)10-5-4-8-16-13(10)19-14-17-11-6-2-3-7-12(11)18-14/h2-9H,15H2,1H3/t9-/m1/s1. The summed E-state index contributed by atoms with van der Waals surface area (Å²) in [5, 5.41) is 1.42. The van der Waals surface area contributed by atoms with Crippen LogP contribution in [0, 0.1) is 0 Å². The van der Waals surface area contributed by atoms with Crippen LogP contribution in [0.15, 0.2) is 57.3 Å². The van der Waals surface area contributed by atoms with Crippen LogP contribution in [0.4, 0.5) is 0 Å². The normalized spacial score (nSPS) is 12.7. The van der Waals surface area contributed by atoms with Gasteiger partial charge in [-0.05, 0) is 36.9 Å². The fourth-order valence-corrected chi connectivity index (χ4v) is 2.74. The molecule has 19 heavy (non-hydrogen) atoms. The van der Waals surface area contributed by atoms with Crippen molar-refractivity contribution < 1.29 is 4.42 Å². The van der Waals surface area contributed by atoms with Crippen molar-refractivity contribution in [2.45, 2.75) is 23.2 Å². The van der Waals surface area contributed by atoms with E-state index in [0.29, 0.717) is 5.22 Å². The van der Waals surface area contributed by atoms with E-state index in [1.165, 1.54) is 11.8 Å². The SMILES string of the molecule is C[C@@H](N)c1cccnc1Sc1nc2ccccc2o1. The number of pyridine rings is 1. The first kappa shape index (κ1) is 12.2. The molecule has 0 fully saturated rings. The van der Waals surface area contributed by atoms with Gasteiger partial charge in [-0.15, -0.1) is 0 Å². The van der Waals surface area contributed by atoms with E-state index in [9.17, 15) is 0 Å². The molecule has 0 bridgehead atoms. The molecule has 2 heterocycles. The van der Waals surface area contributed by atoms with Gasteiger partial charge in [0.2, 0.25) is 0 Å². The van der Waals surface area contributed by atoms with Crippen LogP contribution in [0.2, 0.25) is 0 Å². The highest BCUT2D eigenvalue weighted by atomic mass is 32.2. The van der Waals surface area contributed by atoms with Gasteiger partial charge in [0.15, 0.2) is 5.58 Å². The third kappa shape index (κ3) is 2.47. The number of rotatable bonds is 3. The number of para-hydroxylation sites is 2. The van der Waals surface area contributed by atoms with Gasteiger partial charge in [0.1, 0.15) is 10.5 Å². The average molecular weight is 271 g/mol. The van der Waals surface area contributed by atoms with E-state index < -0.39 is 0 Å². The number of aromatic nitrogens is 2. The molecule has 5 heteroatoms. The zero-order chi connectivity index (χ0) is 13.2. The van der Waals surface area contributed by atoms with E-state index in [0.717, 1.165) is 21.7 Å². The highest BCUT2D eigenvalue weighted by Gasteiger charge is 2.13. The lowest BCUT2D eigenvalue weighted by atomic mass is 10.2. The third-order valence-electron chi connectivity index (χ3n) is 2.75. The summed E-state index contributed by atoms with van der Waals surface area (Å²) < 4.78 is 5.68. The van der Waals surface area contributed by atoms with Crippen molar-refractivity contribution >= 4 is 22.9 Å². The Morgan fingerprint density at radius 3 is 2.84 bits per heavy atom. The molecular formula is C14H13N3OS. The summed E-state index contributed by atoms with van der Waals surface area (Å²) in [6, 6.07) is 11.5. The van der Waals surface area contributed by atoms with Gasteiger partial charge in [0.05, 0.1) is 0 Å². The van der Waals surface area contributed by atoms with Gasteiger partial charge in [-0.1, -0.05) is 18.2 Å². The molecular weight excluding hydrogens is 258 g/mol. The van der Waals surface area contributed by atoms with Crippen molar-refractivity contribution in [2.24, 2.45) is 5.73 Å². The molecule has 0 spiro atoms. The van der Waals surface area contributed by atoms with Gasteiger partial charge < -0.3 is 10.2 Å². The fraction of sp³-hybridized carbons (Fsp3) is 0.143. The highest BCUT2D eigenvalue weighted by Crippen LogP contribution is 2.32. The summed E-state index contributed by atoms with van der Waals surface area (Å²) in [5.41, 5.74) is 8.57. The second-order valence-electron chi connectivity index (χ2n) is 4.24. The Bertz CT molecular complexity index is 675. The third-order valence-corrected chi connectivity index (χ3v) is 3.63. The maximum absolute atomic E-state index is 5.94. The Kier molecular flexibility index (Phi) is 3.23. The van der Waals surface area contributed by atoms with E-state index in [2.05, 4.69) is 9.97 Å². The molecule has 1 atom stereocenters. The summed E-state index contributed by atoms with van der Waals surface area (Å²) in [5.74, 6) is 0. The monoisotopic (exact) mass is 271 g/mol. The molecule has 0 unspecified atom stereocenters. The number of benzene rings is 1. The first-order chi connectivity index (χ1) is 9.24. The van der Waals surface area contributed by atoms with Crippen molar-refractivity contribution in [2.75, 3.05) is 0 Å². The van der Waals surface area contributed by atoms with Crippen molar-refractivity contribution in [1.29, 1.82) is 0 Å². The Balaban J connectivity index is 1.97. The number of oxazole rings is 1. The maximum Gasteiger partial charge on any atom is 0.263 e. The number of nitrogens with two attached hydrogens (primary N) is 1. The van der Waals surface area contributed by atoms with Crippen LogP contribution in [0.25, 0.3) is 11.1 Å². The second kappa shape index (κ2) is 5.03. The summed E-state index contributed by atoms with van der Waals surface area (Å²) in [4.78, 5) is 8.77. The Morgan fingerprint density at radius 1 is 1.21 bits per heavy atom. The van der Waals surface area contributed by atoms with Crippen LogP contribution in [0.3, 0.4) is 0 Å². The van der Waals surface area contributed by atoms with Gasteiger partial charge >= 0.3 is 0 Å². The number of fused-ring (bicyclic) bond motifs is 1. The van der Waals surface area contributed by atoms with E-state index in [1.807, 2.05) is 43.3 Å². The first-order valence-corrected chi connectivity index (χ1v) is 6.79. The number of hydrogen-bond acceptors (Lipinski definition) is 5. The van der Waals surface area contributed by atoms with E-state index in [-0.39, 0.29) is 6.04 Å². The zero-order valence-electron chi connectivity index (χ0n) is 10.4. The second-order valence-corrected chi connectivity index (χ2v) is 5.18. The molecule has 2 aromatic heterocycles. The Morgan fingerprint density at radius 2 is 2.05 bits per heavy atom. The molecule has 0 saturated carbocycles. The maximum atomic E-state index is 5.94. The Hall–Kier alpha value is -1.85. The molecule has 0 radical (unpaired) electrons. The van der Waals surface area contributed by atoms with Crippen LogP contribution in [0.5, 0.6) is 0 Å². The van der Waals surface area contributed by atoms with E-state index in [4.69, 9.17) is 10.2 Å². The zero-order valence-corrected chi connectivity index (χ0v) is 11.2. The first-order valence-electron chi connectivity index (χ1n) is 5.98. The molecule has 0 aliphatic carbocycles. The Labute approximate surface area is 115 Å². The lowest BCUT2D eigenvalue weighted by molar-refractivity contribution is 0.489. The van der Waals surface area contributed by atoms with Crippen molar-refractivity contribution in [3.63, 3.8) is 0 Å². The van der Waals surface area contributed by atoms with Crippen LogP contribution < -0.4 is 5.73 Å². The smallest absolute Gasteiger partial charge is 0.263 e.